The van der Waals surface area contributed by atoms with Crippen molar-refractivity contribution in [3.63, 3.8) is 0 Å². The number of esters is 1. The summed E-state index contributed by atoms with van der Waals surface area (Å²) in [6, 6.07) is 7.26. The summed E-state index contributed by atoms with van der Waals surface area (Å²) in [4.78, 5) is 25.5. The Kier molecular flexibility index (Phi) is 8.68. The van der Waals surface area contributed by atoms with Crippen LogP contribution in [-0.4, -0.2) is 50.7 Å². The van der Waals surface area contributed by atoms with E-state index in [4.69, 9.17) is 14.2 Å². The first kappa shape index (κ1) is 19.8. The van der Waals surface area contributed by atoms with Crippen molar-refractivity contribution in [2.24, 2.45) is 5.92 Å². The van der Waals surface area contributed by atoms with Crippen molar-refractivity contribution in [3.05, 3.63) is 24.3 Å². The van der Waals surface area contributed by atoms with Gasteiger partial charge in [0.25, 0.3) is 0 Å². The Morgan fingerprint density at radius 3 is 2.29 bits per heavy atom. The van der Waals surface area contributed by atoms with Gasteiger partial charge >= 0.3 is 5.97 Å². The lowest BCUT2D eigenvalue weighted by molar-refractivity contribution is -0.146. The van der Waals surface area contributed by atoms with Crippen LogP contribution in [0.4, 0.5) is 0 Å². The molecule has 6 heteroatoms. The Hall–Kier alpha value is -2.24. The van der Waals surface area contributed by atoms with Crippen molar-refractivity contribution in [2.45, 2.75) is 26.7 Å². The molecule has 0 aliphatic heterocycles. The van der Waals surface area contributed by atoms with Crippen LogP contribution < -0.4 is 9.47 Å². The third-order valence-corrected chi connectivity index (χ3v) is 3.60. The fourth-order valence-electron chi connectivity index (χ4n) is 2.24. The molecule has 1 rings (SSSR count). The van der Waals surface area contributed by atoms with E-state index < -0.39 is 0 Å². The van der Waals surface area contributed by atoms with E-state index in [-0.39, 0.29) is 17.8 Å². The lowest BCUT2D eigenvalue weighted by Crippen LogP contribution is -2.39. The molecule has 0 radical (unpaired) electrons. The molecule has 0 fully saturated rings. The Bertz CT molecular complexity index is 515. The minimum Gasteiger partial charge on any atom is -0.497 e. The molecule has 0 aliphatic carbocycles. The molecule has 6 nitrogen and oxygen atoms in total. The molecule has 1 atom stereocenters. The monoisotopic (exact) mass is 337 g/mol. The van der Waals surface area contributed by atoms with Crippen LogP contribution in [0.2, 0.25) is 0 Å². The highest BCUT2D eigenvalue weighted by atomic mass is 16.5. The number of carbonyl (C=O) groups is 2. The van der Waals surface area contributed by atoms with Crippen molar-refractivity contribution >= 4 is 11.9 Å². The number of hydrogen-bond acceptors (Lipinski definition) is 5. The van der Waals surface area contributed by atoms with E-state index in [0.29, 0.717) is 31.9 Å². The van der Waals surface area contributed by atoms with Crippen LogP contribution in [-0.2, 0) is 14.3 Å². The van der Waals surface area contributed by atoms with Crippen molar-refractivity contribution in [2.75, 3.05) is 33.9 Å². The summed E-state index contributed by atoms with van der Waals surface area (Å²) in [6.45, 7) is 4.81. The van der Waals surface area contributed by atoms with Gasteiger partial charge in [0.15, 0.2) is 0 Å². The van der Waals surface area contributed by atoms with Crippen molar-refractivity contribution in [3.8, 4) is 11.5 Å². The third kappa shape index (κ3) is 6.48. The van der Waals surface area contributed by atoms with Gasteiger partial charge in [0.2, 0.25) is 5.91 Å². The van der Waals surface area contributed by atoms with E-state index in [1.165, 1.54) is 7.11 Å². The maximum absolute atomic E-state index is 12.2. The Morgan fingerprint density at radius 2 is 1.75 bits per heavy atom. The summed E-state index contributed by atoms with van der Waals surface area (Å²) < 4.78 is 15.5. The van der Waals surface area contributed by atoms with Crippen LogP contribution >= 0.6 is 0 Å². The quantitative estimate of drug-likeness (QED) is 0.614. The second kappa shape index (κ2) is 10.5. The highest BCUT2D eigenvalue weighted by molar-refractivity contribution is 5.77. The molecule has 1 aromatic rings. The maximum Gasteiger partial charge on any atom is 0.310 e. The molecule has 0 saturated carbocycles. The lowest BCUT2D eigenvalue weighted by atomic mass is 10.1. The van der Waals surface area contributed by atoms with Gasteiger partial charge in [-0.25, -0.2) is 0 Å². The van der Waals surface area contributed by atoms with Gasteiger partial charge in [-0.2, -0.15) is 0 Å². The van der Waals surface area contributed by atoms with E-state index in [1.54, 1.807) is 18.9 Å². The van der Waals surface area contributed by atoms with E-state index >= 15 is 0 Å². The molecule has 0 spiro atoms. The van der Waals surface area contributed by atoms with E-state index in [2.05, 4.69) is 0 Å². The topological polar surface area (TPSA) is 65.1 Å². The van der Waals surface area contributed by atoms with Crippen molar-refractivity contribution < 1.29 is 23.8 Å². The van der Waals surface area contributed by atoms with Crippen LogP contribution in [0.15, 0.2) is 24.3 Å². The molecule has 0 saturated heterocycles. The van der Waals surface area contributed by atoms with E-state index in [1.807, 2.05) is 31.2 Å². The number of benzene rings is 1. The zero-order valence-corrected chi connectivity index (χ0v) is 14.9. The van der Waals surface area contributed by atoms with Gasteiger partial charge in [-0.3, -0.25) is 9.59 Å². The fraction of sp³-hybridized carbons (Fsp3) is 0.556. The second-order valence-corrected chi connectivity index (χ2v) is 5.54. The van der Waals surface area contributed by atoms with Crippen LogP contribution in [0, 0.1) is 5.92 Å². The molecule has 1 amide bonds. The average molecular weight is 337 g/mol. The minimum absolute atomic E-state index is 0.0200. The van der Waals surface area contributed by atoms with Gasteiger partial charge in [-0.1, -0.05) is 13.8 Å². The highest BCUT2D eigenvalue weighted by Crippen LogP contribution is 2.17. The van der Waals surface area contributed by atoms with E-state index in [9.17, 15) is 9.59 Å². The van der Waals surface area contributed by atoms with Gasteiger partial charge in [0.05, 0.1) is 26.7 Å². The molecular weight excluding hydrogens is 310 g/mol. The summed E-state index contributed by atoms with van der Waals surface area (Å²) in [6.07, 6.45) is 1.22. The molecule has 1 aromatic carbocycles. The predicted octanol–water partition coefficient (Wildman–Crippen LogP) is 2.51. The maximum atomic E-state index is 12.2. The molecule has 134 valence electrons. The first-order valence-corrected chi connectivity index (χ1v) is 8.14. The molecule has 0 aliphatic rings. The average Bonchev–Trinajstić information content (AvgIpc) is 2.60. The molecule has 1 unspecified atom stereocenters. The summed E-state index contributed by atoms with van der Waals surface area (Å²) >= 11 is 0. The number of ether oxygens (including phenoxy) is 3. The third-order valence-electron chi connectivity index (χ3n) is 3.60. The van der Waals surface area contributed by atoms with Gasteiger partial charge in [-0.15, -0.1) is 0 Å². The second-order valence-electron chi connectivity index (χ2n) is 5.54. The van der Waals surface area contributed by atoms with Gasteiger partial charge in [-0.05, 0) is 30.7 Å². The summed E-state index contributed by atoms with van der Waals surface area (Å²) in [5, 5.41) is 0. The molecule has 0 heterocycles. The molecule has 24 heavy (non-hydrogen) atoms. The zero-order chi connectivity index (χ0) is 17.9. The first-order valence-electron chi connectivity index (χ1n) is 8.14. The Labute approximate surface area is 143 Å². The standard InChI is InChI=1S/C18H27NO5/c1-5-6-17(20)19(13-14(2)18(21)23-4)11-12-24-16-9-7-15(22-3)8-10-16/h7-10,14H,5-6,11-13H2,1-4H3. The van der Waals surface area contributed by atoms with Gasteiger partial charge in [0, 0.05) is 13.0 Å². The van der Waals surface area contributed by atoms with E-state index in [0.717, 1.165) is 12.2 Å². The predicted molar refractivity (Wildman–Crippen MR) is 91.2 cm³/mol. The van der Waals surface area contributed by atoms with Crippen LogP contribution in [0.1, 0.15) is 26.7 Å². The fourth-order valence-corrected chi connectivity index (χ4v) is 2.24. The van der Waals surface area contributed by atoms with Crippen molar-refractivity contribution in [1.29, 1.82) is 0 Å². The highest BCUT2D eigenvalue weighted by Gasteiger charge is 2.21. The molecular formula is C18H27NO5. The van der Waals surface area contributed by atoms with Crippen LogP contribution in [0.25, 0.3) is 0 Å². The van der Waals surface area contributed by atoms with Crippen molar-refractivity contribution in [1.82, 2.24) is 4.90 Å². The number of carbonyl (C=O) groups excluding carboxylic acids is 2. The molecule has 0 N–H and O–H groups in total. The van der Waals surface area contributed by atoms with Gasteiger partial charge in [0.1, 0.15) is 18.1 Å². The largest absolute Gasteiger partial charge is 0.497 e. The number of amides is 1. The van der Waals surface area contributed by atoms with Crippen LogP contribution in [0.3, 0.4) is 0 Å². The van der Waals surface area contributed by atoms with Crippen LogP contribution in [0.5, 0.6) is 11.5 Å². The Balaban J connectivity index is 2.56. The Morgan fingerprint density at radius 1 is 1.12 bits per heavy atom. The SMILES string of the molecule is CCCC(=O)N(CCOc1ccc(OC)cc1)CC(C)C(=O)OC. The minimum atomic E-state index is -0.364. The number of hydrogen-bond donors (Lipinski definition) is 0. The molecule has 0 bridgehead atoms. The molecule has 0 aromatic heterocycles. The lowest BCUT2D eigenvalue weighted by Gasteiger charge is -2.25. The summed E-state index contributed by atoms with van der Waals surface area (Å²) in [7, 11) is 2.96. The first-order chi connectivity index (χ1) is 11.5. The normalized spacial score (nSPS) is 11.5. The number of nitrogens with zero attached hydrogens (tertiary/aromatic N) is 1. The van der Waals surface area contributed by atoms with Gasteiger partial charge < -0.3 is 19.1 Å². The smallest absolute Gasteiger partial charge is 0.310 e. The number of methoxy groups -OCH3 is 2. The summed E-state index contributed by atoms with van der Waals surface area (Å²) in [5.74, 6) is 0.803. The summed E-state index contributed by atoms with van der Waals surface area (Å²) in [5.41, 5.74) is 0. The number of rotatable bonds is 10. The zero-order valence-electron chi connectivity index (χ0n) is 14.9.